The lowest BCUT2D eigenvalue weighted by Gasteiger charge is -2.32. The maximum absolute atomic E-state index is 5.72. The van der Waals surface area contributed by atoms with E-state index in [0.29, 0.717) is 12.1 Å². The summed E-state index contributed by atoms with van der Waals surface area (Å²) >= 11 is 0. The molecule has 0 saturated carbocycles. The van der Waals surface area contributed by atoms with Gasteiger partial charge in [0.05, 0.1) is 20.3 Å². The van der Waals surface area contributed by atoms with Gasteiger partial charge in [-0.15, -0.1) is 0 Å². The van der Waals surface area contributed by atoms with Gasteiger partial charge in [0, 0.05) is 30.7 Å². The topological polar surface area (TPSA) is 39.7 Å². The molecule has 0 aliphatic carbocycles. The Kier molecular flexibility index (Phi) is 3.89. The van der Waals surface area contributed by atoms with Crippen LogP contribution in [0.1, 0.15) is 30.9 Å². The maximum atomic E-state index is 5.72. The first-order valence-corrected chi connectivity index (χ1v) is 7.01. The molecule has 3 rings (SSSR count). The fraction of sp³-hybridized carbons (Fsp3) is 0.600. The SMILES string of the molecule is COc1ccc2c(c1)C(NC1CCCOC1)CCO2. The Hall–Kier alpha value is -1.26. The van der Waals surface area contributed by atoms with Crippen molar-refractivity contribution in [3.63, 3.8) is 0 Å². The van der Waals surface area contributed by atoms with E-state index in [1.165, 1.54) is 12.0 Å². The van der Waals surface area contributed by atoms with Crippen molar-refractivity contribution in [1.29, 1.82) is 0 Å². The molecule has 0 aromatic heterocycles. The first-order chi connectivity index (χ1) is 9.36. The summed E-state index contributed by atoms with van der Waals surface area (Å²) in [6.07, 6.45) is 3.33. The van der Waals surface area contributed by atoms with Gasteiger partial charge in [0.15, 0.2) is 0 Å². The van der Waals surface area contributed by atoms with E-state index in [-0.39, 0.29) is 0 Å². The lowest BCUT2D eigenvalue weighted by atomic mass is 9.98. The first kappa shape index (κ1) is 12.8. The van der Waals surface area contributed by atoms with Crippen LogP contribution >= 0.6 is 0 Å². The molecule has 0 bridgehead atoms. The van der Waals surface area contributed by atoms with Crippen molar-refractivity contribution in [3.8, 4) is 11.5 Å². The van der Waals surface area contributed by atoms with Crippen LogP contribution in [0.25, 0.3) is 0 Å². The van der Waals surface area contributed by atoms with Crippen molar-refractivity contribution in [1.82, 2.24) is 5.32 Å². The van der Waals surface area contributed by atoms with Crippen LogP contribution in [0, 0.1) is 0 Å². The molecule has 4 heteroatoms. The molecule has 0 amide bonds. The molecule has 1 fully saturated rings. The van der Waals surface area contributed by atoms with Crippen molar-refractivity contribution in [2.24, 2.45) is 0 Å². The third-order valence-electron chi connectivity index (χ3n) is 3.85. The summed E-state index contributed by atoms with van der Waals surface area (Å²) in [6.45, 7) is 2.48. The van der Waals surface area contributed by atoms with E-state index < -0.39 is 0 Å². The van der Waals surface area contributed by atoms with E-state index in [1.807, 2.05) is 12.1 Å². The molecule has 2 unspecified atom stereocenters. The van der Waals surface area contributed by atoms with Crippen LogP contribution in [-0.4, -0.2) is 33.0 Å². The molecule has 2 heterocycles. The number of benzene rings is 1. The standard InChI is InChI=1S/C15H21NO3/c1-17-12-4-5-15-13(9-12)14(6-8-19-15)16-11-3-2-7-18-10-11/h4-5,9,11,14,16H,2-3,6-8,10H2,1H3. The van der Waals surface area contributed by atoms with E-state index in [2.05, 4.69) is 11.4 Å². The lowest BCUT2D eigenvalue weighted by Crippen LogP contribution is -2.40. The smallest absolute Gasteiger partial charge is 0.124 e. The first-order valence-electron chi connectivity index (χ1n) is 7.01. The van der Waals surface area contributed by atoms with Gasteiger partial charge in [0.1, 0.15) is 11.5 Å². The number of hydrogen-bond acceptors (Lipinski definition) is 4. The van der Waals surface area contributed by atoms with Gasteiger partial charge in [0.25, 0.3) is 0 Å². The number of rotatable bonds is 3. The van der Waals surface area contributed by atoms with Crippen molar-refractivity contribution >= 4 is 0 Å². The Morgan fingerprint density at radius 2 is 2.21 bits per heavy atom. The van der Waals surface area contributed by atoms with Gasteiger partial charge in [-0.1, -0.05) is 0 Å². The summed E-state index contributed by atoms with van der Waals surface area (Å²) in [5.41, 5.74) is 1.20. The second-order valence-corrected chi connectivity index (χ2v) is 5.17. The number of hydrogen-bond donors (Lipinski definition) is 1. The normalized spacial score (nSPS) is 26.4. The molecule has 0 spiro atoms. The van der Waals surface area contributed by atoms with Crippen LogP contribution in [0.4, 0.5) is 0 Å². The Bertz CT molecular complexity index is 429. The minimum absolute atomic E-state index is 0.338. The zero-order valence-corrected chi connectivity index (χ0v) is 11.4. The molecule has 1 N–H and O–H groups in total. The van der Waals surface area contributed by atoms with Crippen LogP contribution in [0.5, 0.6) is 11.5 Å². The molecule has 2 aliphatic heterocycles. The molecule has 1 aromatic carbocycles. The monoisotopic (exact) mass is 263 g/mol. The average molecular weight is 263 g/mol. The quantitative estimate of drug-likeness (QED) is 0.908. The molecule has 1 aromatic rings. The highest BCUT2D eigenvalue weighted by molar-refractivity contribution is 5.43. The van der Waals surface area contributed by atoms with Gasteiger partial charge in [-0.2, -0.15) is 0 Å². The number of ether oxygens (including phenoxy) is 3. The van der Waals surface area contributed by atoms with Crippen LogP contribution < -0.4 is 14.8 Å². The van der Waals surface area contributed by atoms with Gasteiger partial charge < -0.3 is 19.5 Å². The highest BCUT2D eigenvalue weighted by Crippen LogP contribution is 2.35. The Morgan fingerprint density at radius 1 is 1.26 bits per heavy atom. The predicted octanol–water partition coefficient (Wildman–Crippen LogP) is 2.29. The molecule has 19 heavy (non-hydrogen) atoms. The maximum Gasteiger partial charge on any atom is 0.124 e. The number of fused-ring (bicyclic) bond motifs is 1. The third-order valence-corrected chi connectivity index (χ3v) is 3.85. The summed E-state index contributed by atoms with van der Waals surface area (Å²) in [7, 11) is 1.70. The zero-order chi connectivity index (χ0) is 13.1. The van der Waals surface area contributed by atoms with E-state index >= 15 is 0 Å². The van der Waals surface area contributed by atoms with Gasteiger partial charge in [-0.25, -0.2) is 0 Å². The van der Waals surface area contributed by atoms with E-state index in [1.54, 1.807) is 7.11 Å². The van der Waals surface area contributed by atoms with E-state index in [4.69, 9.17) is 14.2 Å². The van der Waals surface area contributed by atoms with Crippen LogP contribution in [-0.2, 0) is 4.74 Å². The molecule has 4 nitrogen and oxygen atoms in total. The van der Waals surface area contributed by atoms with Gasteiger partial charge in [-0.05, 0) is 31.0 Å². The fourth-order valence-electron chi connectivity index (χ4n) is 2.83. The summed E-state index contributed by atoms with van der Waals surface area (Å²) in [5.74, 6) is 1.86. The summed E-state index contributed by atoms with van der Waals surface area (Å²) in [5, 5.41) is 3.70. The summed E-state index contributed by atoms with van der Waals surface area (Å²) in [4.78, 5) is 0. The van der Waals surface area contributed by atoms with Gasteiger partial charge in [-0.3, -0.25) is 0 Å². The van der Waals surface area contributed by atoms with Crippen molar-refractivity contribution in [2.75, 3.05) is 26.9 Å². The molecule has 2 aliphatic rings. The minimum Gasteiger partial charge on any atom is -0.497 e. The Balaban J connectivity index is 1.76. The zero-order valence-electron chi connectivity index (χ0n) is 11.4. The number of methoxy groups -OCH3 is 1. The second-order valence-electron chi connectivity index (χ2n) is 5.17. The van der Waals surface area contributed by atoms with Crippen molar-refractivity contribution in [3.05, 3.63) is 23.8 Å². The summed E-state index contributed by atoms with van der Waals surface area (Å²) < 4.78 is 16.6. The molecule has 2 atom stereocenters. The summed E-state index contributed by atoms with van der Waals surface area (Å²) in [6, 6.07) is 6.82. The van der Waals surface area contributed by atoms with Gasteiger partial charge in [0.2, 0.25) is 0 Å². The number of nitrogens with one attached hydrogen (secondary N) is 1. The Morgan fingerprint density at radius 3 is 3.00 bits per heavy atom. The molecule has 1 saturated heterocycles. The molecular formula is C15H21NO3. The van der Waals surface area contributed by atoms with E-state index in [9.17, 15) is 0 Å². The fourth-order valence-corrected chi connectivity index (χ4v) is 2.83. The van der Waals surface area contributed by atoms with Crippen LogP contribution in [0.15, 0.2) is 18.2 Å². The Labute approximate surface area is 114 Å². The van der Waals surface area contributed by atoms with Crippen molar-refractivity contribution in [2.45, 2.75) is 31.3 Å². The molecular weight excluding hydrogens is 242 g/mol. The highest BCUT2D eigenvalue weighted by Gasteiger charge is 2.25. The molecule has 0 radical (unpaired) electrons. The lowest BCUT2D eigenvalue weighted by molar-refractivity contribution is 0.0637. The van der Waals surface area contributed by atoms with E-state index in [0.717, 1.165) is 44.2 Å². The molecule has 104 valence electrons. The largest absolute Gasteiger partial charge is 0.497 e. The minimum atomic E-state index is 0.338. The van der Waals surface area contributed by atoms with Crippen molar-refractivity contribution < 1.29 is 14.2 Å². The second kappa shape index (κ2) is 5.80. The third kappa shape index (κ3) is 2.85. The van der Waals surface area contributed by atoms with Gasteiger partial charge >= 0.3 is 0 Å². The predicted molar refractivity (Wildman–Crippen MR) is 72.8 cm³/mol. The van der Waals surface area contributed by atoms with Crippen LogP contribution in [0.2, 0.25) is 0 Å². The highest BCUT2D eigenvalue weighted by atomic mass is 16.5. The van der Waals surface area contributed by atoms with Crippen LogP contribution in [0.3, 0.4) is 0 Å². The average Bonchev–Trinajstić information content (AvgIpc) is 2.48.